The summed E-state index contributed by atoms with van der Waals surface area (Å²) in [5.74, 6) is 0.712. The van der Waals surface area contributed by atoms with Crippen LogP contribution in [0.3, 0.4) is 0 Å². The second-order valence-electron chi connectivity index (χ2n) is 5.70. The van der Waals surface area contributed by atoms with Gasteiger partial charge in [0, 0.05) is 18.7 Å². The number of amides is 1. The van der Waals surface area contributed by atoms with E-state index in [1.54, 1.807) is 29.2 Å². The number of nitrogens with zero attached hydrogens (tertiary/aromatic N) is 2. The predicted molar refractivity (Wildman–Crippen MR) is 98.4 cm³/mol. The van der Waals surface area contributed by atoms with E-state index < -0.39 is 0 Å². The van der Waals surface area contributed by atoms with E-state index >= 15 is 0 Å². The average Bonchev–Trinajstić information content (AvgIpc) is 2.63. The Balaban J connectivity index is 2.24. The van der Waals surface area contributed by atoms with Crippen molar-refractivity contribution in [1.29, 1.82) is 5.26 Å². The zero-order valence-electron chi connectivity index (χ0n) is 14.7. The van der Waals surface area contributed by atoms with Gasteiger partial charge in [0.05, 0.1) is 18.2 Å². The Hall–Kier alpha value is -3.06. The van der Waals surface area contributed by atoms with Crippen molar-refractivity contribution in [2.24, 2.45) is 0 Å². The van der Waals surface area contributed by atoms with E-state index in [9.17, 15) is 4.79 Å². The van der Waals surface area contributed by atoms with Crippen LogP contribution in [0.25, 0.3) is 0 Å². The summed E-state index contributed by atoms with van der Waals surface area (Å²) in [5, 5.41) is 9.03. The number of hydrogen-bond acceptors (Lipinski definition) is 3. The Morgan fingerprint density at radius 3 is 2.76 bits per heavy atom. The Morgan fingerprint density at radius 2 is 2.12 bits per heavy atom. The molecule has 2 aromatic rings. The lowest BCUT2D eigenvalue weighted by atomic mass is 10.1. The van der Waals surface area contributed by atoms with Gasteiger partial charge in [0.15, 0.2) is 0 Å². The molecule has 4 heteroatoms. The van der Waals surface area contributed by atoms with Crippen molar-refractivity contribution in [1.82, 2.24) is 4.90 Å². The van der Waals surface area contributed by atoms with Gasteiger partial charge in [-0.3, -0.25) is 4.79 Å². The van der Waals surface area contributed by atoms with Gasteiger partial charge in [0.2, 0.25) is 0 Å². The Bertz CT molecular complexity index is 806. The molecular weight excluding hydrogens is 312 g/mol. The third kappa shape index (κ3) is 4.71. The van der Waals surface area contributed by atoms with E-state index in [4.69, 9.17) is 10.00 Å². The molecule has 0 aliphatic rings. The van der Waals surface area contributed by atoms with Gasteiger partial charge in [-0.1, -0.05) is 18.2 Å². The third-order valence-electron chi connectivity index (χ3n) is 3.79. The average molecular weight is 334 g/mol. The van der Waals surface area contributed by atoms with Crippen molar-refractivity contribution in [3.8, 4) is 11.8 Å². The number of ether oxygens (including phenoxy) is 1. The molecular formula is C21H22N2O2. The summed E-state index contributed by atoms with van der Waals surface area (Å²) in [6.07, 6.45) is 1.70. The Kier molecular flexibility index (Phi) is 6.36. The number of carbonyl (C=O) groups excluding carboxylic acids is 1. The highest BCUT2D eigenvalue weighted by molar-refractivity contribution is 5.94. The molecule has 0 fully saturated rings. The molecule has 0 N–H and O–H groups in total. The van der Waals surface area contributed by atoms with Gasteiger partial charge in [0.1, 0.15) is 5.75 Å². The predicted octanol–water partition coefficient (Wildman–Crippen LogP) is 4.09. The number of carbonyl (C=O) groups is 1. The maximum Gasteiger partial charge on any atom is 0.254 e. The molecule has 0 radical (unpaired) electrons. The fourth-order valence-electron chi connectivity index (χ4n) is 2.62. The van der Waals surface area contributed by atoms with E-state index in [1.807, 2.05) is 38.1 Å². The fourth-order valence-corrected chi connectivity index (χ4v) is 2.62. The van der Waals surface area contributed by atoms with Crippen molar-refractivity contribution in [3.05, 3.63) is 77.4 Å². The summed E-state index contributed by atoms with van der Waals surface area (Å²) in [6.45, 7) is 9.04. The molecule has 0 unspecified atom stereocenters. The first-order chi connectivity index (χ1) is 12.1. The van der Waals surface area contributed by atoms with Gasteiger partial charge in [0.25, 0.3) is 5.91 Å². The van der Waals surface area contributed by atoms with Crippen LogP contribution in [0, 0.1) is 18.3 Å². The van der Waals surface area contributed by atoms with Crippen LogP contribution in [0.1, 0.15) is 34.0 Å². The first-order valence-electron chi connectivity index (χ1n) is 8.21. The molecule has 4 nitrogen and oxygen atoms in total. The molecule has 0 saturated carbocycles. The largest absolute Gasteiger partial charge is 0.494 e. The summed E-state index contributed by atoms with van der Waals surface area (Å²) < 4.78 is 5.53. The van der Waals surface area contributed by atoms with Gasteiger partial charge in [-0.05, 0) is 55.3 Å². The first-order valence-corrected chi connectivity index (χ1v) is 8.21. The van der Waals surface area contributed by atoms with Crippen LogP contribution in [0.2, 0.25) is 0 Å². The maximum atomic E-state index is 12.9. The van der Waals surface area contributed by atoms with Crippen LogP contribution < -0.4 is 4.74 Å². The molecule has 0 spiro atoms. The molecule has 0 heterocycles. The molecule has 2 aromatic carbocycles. The molecule has 2 rings (SSSR count). The molecule has 128 valence electrons. The normalized spacial score (nSPS) is 9.96. The summed E-state index contributed by atoms with van der Waals surface area (Å²) in [4.78, 5) is 14.6. The lowest BCUT2D eigenvalue weighted by Gasteiger charge is -2.22. The van der Waals surface area contributed by atoms with Crippen LogP contribution in [0.15, 0.2) is 55.1 Å². The third-order valence-corrected chi connectivity index (χ3v) is 3.79. The number of benzene rings is 2. The molecule has 1 amide bonds. The fraction of sp³-hybridized carbons (Fsp3) is 0.238. The van der Waals surface area contributed by atoms with Gasteiger partial charge in [-0.2, -0.15) is 5.26 Å². The van der Waals surface area contributed by atoms with Crippen molar-refractivity contribution < 1.29 is 9.53 Å². The van der Waals surface area contributed by atoms with E-state index in [0.29, 0.717) is 30.8 Å². The highest BCUT2D eigenvalue weighted by Crippen LogP contribution is 2.21. The maximum absolute atomic E-state index is 12.9. The standard InChI is InChI=1S/C21H22N2O2/c1-4-11-23(15-18-8-6-7-17(13-18)14-22)21(24)19-9-10-20(25-5-2)16(3)12-19/h4,6-10,12-13H,1,5,11,15H2,2-3H3. The molecule has 25 heavy (non-hydrogen) atoms. The van der Waals surface area contributed by atoms with Crippen LogP contribution >= 0.6 is 0 Å². The van der Waals surface area contributed by atoms with Crippen LogP contribution in [0.5, 0.6) is 5.75 Å². The second kappa shape index (κ2) is 8.70. The summed E-state index contributed by atoms with van der Waals surface area (Å²) >= 11 is 0. The van der Waals surface area contributed by atoms with E-state index in [1.165, 1.54) is 0 Å². The van der Waals surface area contributed by atoms with Crippen molar-refractivity contribution >= 4 is 5.91 Å². The van der Waals surface area contributed by atoms with E-state index in [2.05, 4.69) is 12.6 Å². The molecule has 0 saturated heterocycles. The highest BCUT2D eigenvalue weighted by atomic mass is 16.5. The topological polar surface area (TPSA) is 53.3 Å². The van der Waals surface area contributed by atoms with E-state index in [0.717, 1.165) is 16.9 Å². The van der Waals surface area contributed by atoms with Crippen LogP contribution in [0.4, 0.5) is 0 Å². The Morgan fingerprint density at radius 1 is 1.32 bits per heavy atom. The first kappa shape index (κ1) is 18.3. The monoisotopic (exact) mass is 334 g/mol. The number of aryl methyl sites for hydroxylation is 1. The summed E-state index contributed by atoms with van der Waals surface area (Å²) in [7, 11) is 0. The quantitative estimate of drug-likeness (QED) is 0.717. The molecule has 0 atom stereocenters. The van der Waals surface area contributed by atoms with E-state index in [-0.39, 0.29) is 5.91 Å². The SMILES string of the molecule is C=CCN(Cc1cccc(C#N)c1)C(=O)c1ccc(OCC)c(C)c1. The number of nitriles is 1. The lowest BCUT2D eigenvalue weighted by Crippen LogP contribution is -2.30. The smallest absolute Gasteiger partial charge is 0.254 e. The van der Waals surface area contributed by atoms with Crippen molar-refractivity contribution in [2.75, 3.05) is 13.2 Å². The lowest BCUT2D eigenvalue weighted by molar-refractivity contribution is 0.0762. The second-order valence-corrected chi connectivity index (χ2v) is 5.70. The van der Waals surface area contributed by atoms with Crippen LogP contribution in [-0.2, 0) is 6.54 Å². The minimum atomic E-state index is -0.0755. The van der Waals surface area contributed by atoms with Crippen molar-refractivity contribution in [3.63, 3.8) is 0 Å². The van der Waals surface area contributed by atoms with Gasteiger partial charge in [-0.25, -0.2) is 0 Å². The van der Waals surface area contributed by atoms with Crippen molar-refractivity contribution in [2.45, 2.75) is 20.4 Å². The number of hydrogen-bond donors (Lipinski definition) is 0. The van der Waals surface area contributed by atoms with Crippen LogP contribution in [-0.4, -0.2) is 24.0 Å². The molecule has 0 bridgehead atoms. The minimum Gasteiger partial charge on any atom is -0.494 e. The minimum absolute atomic E-state index is 0.0755. The Labute approximate surface area is 149 Å². The van der Waals surface area contributed by atoms with Gasteiger partial charge < -0.3 is 9.64 Å². The zero-order valence-corrected chi connectivity index (χ0v) is 14.7. The summed E-state index contributed by atoms with van der Waals surface area (Å²) in [5.41, 5.74) is 3.04. The molecule has 0 aliphatic carbocycles. The van der Waals surface area contributed by atoms with Gasteiger partial charge in [-0.15, -0.1) is 6.58 Å². The zero-order chi connectivity index (χ0) is 18.2. The molecule has 0 aliphatic heterocycles. The molecule has 0 aromatic heterocycles. The summed E-state index contributed by atoms with van der Waals surface area (Å²) in [6, 6.07) is 14.9. The highest BCUT2D eigenvalue weighted by Gasteiger charge is 2.16. The number of rotatable bonds is 7. The van der Waals surface area contributed by atoms with Gasteiger partial charge >= 0.3 is 0 Å².